The fraction of sp³-hybridized carbons (Fsp3) is 0.444. The van der Waals surface area contributed by atoms with Gasteiger partial charge in [-0.3, -0.25) is 18.9 Å². The molecule has 0 radical (unpaired) electrons. The Balaban J connectivity index is 1.38. The monoisotopic (exact) mass is 520 g/mol. The molecule has 9 nitrogen and oxygen atoms in total. The SMILES string of the molecule is O=C(NCCN1CCCC1)c1c(=O)c2c(NCCN3CCOCC3)ccnc2n2c1sc1ccccc12. The first kappa shape index (κ1) is 24.3. The number of rotatable bonds is 8. The molecular weight excluding hydrogens is 488 g/mol. The van der Waals surface area contributed by atoms with E-state index in [4.69, 9.17) is 4.74 Å². The second kappa shape index (κ2) is 10.7. The van der Waals surface area contributed by atoms with Crippen LogP contribution in [0.3, 0.4) is 0 Å². The molecule has 2 aliphatic heterocycles. The number of carbonyl (C=O) groups excluding carboxylic acids is 1. The second-order valence-corrected chi connectivity index (χ2v) is 10.7. The van der Waals surface area contributed by atoms with E-state index >= 15 is 0 Å². The van der Waals surface area contributed by atoms with Crippen molar-refractivity contribution in [1.82, 2.24) is 24.5 Å². The molecule has 2 saturated heterocycles. The zero-order valence-corrected chi connectivity index (χ0v) is 21.7. The maximum atomic E-state index is 14.0. The van der Waals surface area contributed by atoms with E-state index in [0.29, 0.717) is 34.6 Å². The maximum Gasteiger partial charge on any atom is 0.258 e. The Morgan fingerprint density at radius 2 is 1.76 bits per heavy atom. The van der Waals surface area contributed by atoms with Crippen molar-refractivity contribution in [2.45, 2.75) is 12.8 Å². The van der Waals surface area contributed by atoms with E-state index in [-0.39, 0.29) is 16.9 Å². The van der Waals surface area contributed by atoms with Crippen molar-refractivity contribution in [2.24, 2.45) is 0 Å². The maximum absolute atomic E-state index is 14.0. The van der Waals surface area contributed by atoms with Gasteiger partial charge in [-0.1, -0.05) is 12.1 Å². The molecule has 0 spiro atoms. The van der Waals surface area contributed by atoms with Crippen molar-refractivity contribution < 1.29 is 9.53 Å². The quantitative estimate of drug-likeness (QED) is 0.369. The number of hydrogen-bond acceptors (Lipinski definition) is 8. The third-order valence-electron chi connectivity index (χ3n) is 7.31. The predicted molar refractivity (Wildman–Crippen MR) is 148 cm³/mol. The van der Waals surface area contributed by atoms with E-state index in [1.54, 1.807) is 6.20 Å². The van der Waals surface area contributed by atoms with Crippen LogP contribution in [0.2, 0.25) is 0 Å². The number of aromatic nitrogens is 2. The van der Waals surface area contributed by atoms with Crippen LogP contribution < -0.4 is 16.1 Å². The number of ether oxygens (including phenoxy) is 1. The van der Waals surface area contributed by atoms with Crippen molar-refractivity contribution in [1.29, 1.82) is 0 Å². The van der Waals surface area contributed by atoms with Crippen molar-refractivity contribution in [3.8, 4) is 0 Å². The number of anilines is 1. The highest BCUT2D eigenvalue weighted by Crippen LogP contribution is 2.32. The molecule has 2 aliphatic rings. The number of likely N-dealkylation sites (tertiary alicyclic amines) is 1. The van der Waals surface area contributed by atoms with Crippen LogP contribution in [0.5, 0.6) is 0 Å². The third kappa shape index (κ3) is 4.82. The molecule has 4 aromatic rings. The first-order valence-electron chi connectivity index (χ1n) is 13.1. The zero-order chi connectivity index (χ0) is 25.2. The molecule has 1 aromatic carbocycles. The molecule has 6 rings (SSSR count). The fourth-order valence-corrected chi connectivity index (χ4v) is 6.55. The van der Waals surface area contributed by atoms with Gasteiger partial charge in [0, 0.05) is 45.5 Å². The molecule has 0 bridgehead atoms. The smallest absolute Gasteiger partial charge is 0.258 e. The molecule has 37 heavy (non-hydrogen) atoms. The second-order valence-electron chi connectivity index (χ2n) is 9.66. The van der Waals surface area contributed by atoms with Crippen LogP contribution in [-0.2, 0) is 4.74 Å². The highest BCUT2D eigenvalue weighted by Gasteiger charge is 2.24. The van der Waals surface area contributed by atoms with Gasteiger partial charge in [-0.2, -0.15) is 0 Å². The van der Waals surface area contributed by atoms with Crippen LogP contribution in [0.4, 0.5) is 5.69 Å². The minimum absolute atomic E-state index is 0.194. The minimum atomic E-state index is -0.321. The average Bonchev–Trinajstić information content (AvgIpc) is 3.57. The Morgan fingerprint density at radius 1 is 1.00 bits per heavy atom. The summed E-state index contributed by atoms with van der Waals surface area (Å²) in [7, 11) is 0. The summed E-state index contributed by atoms with van der Waals surface area (Å²) in [6, 6.07) is 9.80. The molecule has 2 N–H and O–H groups in total. The molecule has 0 unspecified atom stereocenters. The highest BCUT2D eigenvalue weighted by molar-refractivity contribution is 7.24. The average molecular weight is 521 g/mol. The number of nitrogens with one attached hydrogen (secondary N) is 2. The Bertz CT molecular complexity index is 1490. The number of amides is 1. The molecule has 194 valence electrons. The van der Waals surface area contributed by atoms with Crippen molar-refractivity contribution >= 4 is 49.0 Å². The number of morpholine rings is 1. The summed E-state index contributed by atoms with van der Waals surface area (Å²) < 4.78 is 8.42. The van der Waals surface area contributed by atoms with E-state index in [9.17, 15) is 9.59 Å². The first-order valence-corrected chi connectivity index (χ1v) is 13.9. The van der Waals surface area contributed by atoms with Gasteiger partial charge in [0.05, 0.1) is 34.5 Å². The van der Waals surface area contributed by atoms with Gasteiger partial charge in [-0.15, -0.1) is 11.3 Å². The lowest BCUT2D eigenvalue weighted by atomic mass is 10.1. The summed E-state index contributed by atoms with van der Waals surface area (Å²) in [5.41, 5.74) is 2.14. The summed E-state index contributed by atoms with van der Waals surface area (Å²) >= 11 is 1.46. The molecule has 0 atom stereocenters. The van der Waals surface area contributed by atoms with Gasteiger partial charge >= 0.3 is 0 Å². The number of hydrogen-bond donors (Lipinski definition) is 2. The number of benzene rings is 1. The van der Waals surface area contributed by atoms with Crippen LogP contribution >= 0.6 is 11.3 Å². The molecule has 10 heteroatoms. The standard InChI is InChI=1S/C27H32N6O3S/c34-24-22-19(28-9-13-32-15-17-36-18-16-32)7-8-29-25(22)33-20-5-1-2-6-21(20)37-27(33)23(24)26(35)30-10-14-31-11-3-4-12-31/h1-2,5-8H,3-4,9-18H2,(H,28,29)(H,30,35). The molecule has 1 amide bonds. The third-order valence-corrected chi connectivity index (χ3v) is 8.46. The number of carbonyl (C=O) groups is 1. The van der Waals surface area contributed by atoms with Gasteiger partial charge in [0.15, 0.2) is 5.65 Å². The summed E-state index contributed by atoms with van der Waals surface area (Å²) in [5.74, 6) is -0.321. The lowest BCUT2D eigenvalue weighted by molar-refractivity contribution is 0.0398. The minimum Gasteiger partial charge on any atom is -0.383 e. The lowest BCUT2D eigenvalue weighted by Gasteiger charge is -2.26. The molecule has 3 aromatic heterocycles. The van der Waals surface area contributed by atoms with Crippen LogP contribution in [0.1, 0.15) is 23.2 Å². The summed E-state index contributed by atoms with van der Waals surface area (Å²) in [4.78, 5) is 37.4. The fourth-order valence-electron chi connectivity index (χ4n) is 5.37. The Morgan fingerprint density at radius 3 is 2.59 bits per heavy atom. The van der Waals surface area contributed by atoms with Gasteiger partial charge in [-0.05, 0) is 44.1 Å². The van der Waals surface area contributed by atoms with Gasteiger partial charge < -0.3 is 20.3 Å². The first-order chi connectivity index (χ1) is 18.2. The molecule has 0 aliphatic carbocycles. The van der Waals surface area contributed by atoms with Crippen molar-refractivity contribution in [2.75, 3.05) is 70.9 Å². The largest absolute Gasteiger partial charge is 0.383 e. The van der Waals surface area contributed by atoms with Crippen LogP contribution in [-0.4, -0.2) is 90.7 Å². The lowest BCUT2D eigenvalue weighted by Crippen LogP contribution is -2.39. The number of para-hydroxylation sites is 1. The Kier molecular flexibility index (Phi) is 7.06. The van der Waals surface area contributed by atoms with E-state index in [1.165, 1.54) is 24.2 Å². The number of pyridine rings is 2. The number of thiazole rings is 1. The summed E-state index contributed by atoms with van der Waals surface area (Å²) in [6.45, 7) is 8.30. The number of fused-ring (bicyclic) bond motifs is 5. The topological polar surface area (TPSA) is 91.2 Å². The van der Waals surface area contributed by atoms with Gasteiger partial charge in [0.25, 0.3) is 5.91 Å². The summed E-state index contributed by atoms with van der Waals surface area (Å²) in [6.07, 6.45) is 4.14. The van der Waals surface area contributed by atoms with Crippen LogP contribution in [0.15, 0.2) is 41.3 Å². The summed E-state index contributed by atoms with van der Waals surface area (Å²) in [5, 5.41) is 6.94. The Hall–Kier alpha value is -3.05. The normalized spacial score (nSPS) is 17.2. The van der Waals surface area contributed by atoms with E-state index < -0.39 is 0 Å². The van der Waals surface area contributed by atoms with Crippen LogP contribution in [0.25, 0.3) is 26.1 Å². The van der Waals surface area contributed by atoms with Gasteiger partial charge in [0.2, 0.25) is 5.43 Å². The zero-order valence-electron chi connectivity index (χ0n) is 20.9. The molecule has 5 heterocycles. The van der Waals surface area contributed by atoms with E-state index in [1.807, 2.05) is 34.7 Å². The highest BCUT2D eigenvalue weighted by atomic mass is 32.1. The van der Waals surface area contributed by atoms with Crippen molar-refractivity contribution in [3.05, 3.63) is 52.3 Å². The molecule has 0 saturated carbocycles. The Labute approximate surface area is 219 Å². The van der Waals surface area contributed by atoms with Crippen LogP contribution in [0, 0.1) is 0 Å². The van der Waals surface area contributed by atoms with E-state index in [2.05, 4.69) is 25.4 Å². The van der Waals surface area contributed by atoms with Crippen molar-refractivity contribution in [3.63, 3.8) is 0 Å². The van der Waals surface area contributed by atoms with Gasteiger partial charge in [-0.25, -0.2) is 4.98 Å². The predicted octanol–water partition coefficient (Wildman–Crippen LogP) is 2.63. The van der Waals surface area contributed by atoms with E-state index in [0.717, 1.165) is 62.7 Å². The molecule has 2 fully saturated rings. The molecular formula is C27H32N6O3S. The number of nitrogens with zero attached hydrogens (tertiary/aromatic N) is 4. The van der Waals surface area contributed by atoms with Gasteiger partial charge in [0.1, 0.15) is 10.4 Å².